The number of thioether (sulfide) groups is 1. The van der Waals surface area contributed by atoms with Crippen LogP contribution in [0, 0.1) is 0 Å². The van der Waals surface area contributed by atoms with Gasteiger partial charge in [-0.25, -0.2) is 4.79 Å². The fraction of sp³-hybridized carbons (Fsp3) is 0.269. The Kier molecular flexibility index (Phi) is 9.30. The number of ether oxygens (including phenoxy) is 3. The largest absolute Gasteiger partial charge is 0.497 e. The van der Waals surface area contributed by atoms with Crippen LogP contribution in [0.1, 0.15) is 37.8 Å². The molecule has 0 unspecified atom stereocenters. The van der Waals surface area contributed by atoms with E-state index in [4.69, 9.17) is 26.4 Å². The molecule has 6 nitrogen and oxygen atoms in total. The summed E-state index contributed by atoms with van der Waals surface area (Å²) < 4.78 is 16.9. The number of hydrogen-bond acceptors (Lipinski definition) is 7. The summed E-state index contributed by atoms with van der Waals surface area (Å²) in [5, 5.41) is 0. The molecule has 0 spiro atoms. The minimum Gasteiger partial charge on any atom is -0.497 e. The van der Waals surface area contributed by atoms with Crippen molar-refractivity contribution in [2.45, 2.75) is 26.7 Å². The number of benzene rings is 2. The molecule has 1 heterocycles. The SMILES string of the molecule is CCCCN1C(=O)C(=Cc2ccc(OC(=O)C=Cc3ccc(OC)cc3)c(OCC)c2)SC1=S. The Morgan fingerprint density at radius 2 is 1.82 bits per heavy atom. The van der Waals surface area contributed by atoms with Crippen LogP contribution in [0.15, 0.2) is 53.4 Å². The second kappa shape index (κ2) is 12.4. The number of carbonyl (C=O) groups is 2. The van der Waals surface area contributed by atoms with Gasteiger partial charge in [0.2, 0.25) is 0 Å². The van der Waals surface area contributed by atoms with Gasteiger partial charge < -0.3 is 14.2 Å². The van der Waals surface area contributed by atoms with Gasteiger partial charge in [-0.2, -0.15) is 0 Å². The van der Waals surface area contributed by atoms with Crippen molar-refractivity contribution in [1.82, 2.24) is 4.90 Å². The fourth-order valence-electron chi connectivity index (χ4n) is 3.15. The quantitative estimate of drug-likeness (QED) is 0.180. The number of thiocarbonyl (C=S) groups is 1. The van der Waals surface area contributed by atoms with E-state index in [1.54, 1.807) is 42.4 Å². The Morgan fingerprint density at radius 1 is 1.09 bits per heavy atom. The molecule has 0 radical (unpaired) electrons. The maximum Gasteiger partial charge on any atom is 0.336 e. The van der Waals surface area contributed by atoms with Gasteiger partial charge in [0.05, 0.1) is 18.6 Å². The molecule has 0 atom stereocenters. The number of rotatable bonds is 10. The summed E-state index contributed by atoms with van der Waals surface area (Å²) in [5.41, 5.74) is 1.60. The molecule has 0 bridgehead atoms. The van der Waals surface area contributed by atoms with E-state index in [1.165, 1.54) is 17.8 Å². The highest BCUT2D eigenvalue weighted by molar-refractivity contribution is 8.26. The summed E-state index contributed by atoms with van der Waals surface area (Å²) in [4.78, 5) is 27.3. The van der Waals surface area contributed by atoms with E-state index >= 15 is 0 Å². The Balaban J connectivity index is 1.73. The van der Waals surface area contributed by atoms with Crippen molar-refractivity contribution in [2.24, 2.45) is 0 Å². The van der Waals surface area contributed by atoms with E-state index in [0.717, 1.165) is 29.7 Å². The predicted octanol–water partition coefficient (Wildman–Crippen LogP) is 5.71. The molecule has 0 aromatic heterocycles. The van der Waals surface area contributed by atoms with Crippen LogP contribution in [0.5, 0.6) is 17.2 Å². The van der Waals surface area contributed by atoms with Gasteiger partial charge in [-0.1, -0.05) is 55.5 Å². The number of carbonyl (C=O) groups excluding carboxylic acids is 2. The molecular formula is C26H27NO5S2. The van der Waals surface area contributed by atoms with Crippen LogP contribution in [0.2, 0.25) is 0 Å². The highest BCUT2D eigenvalue weighted by atomic mass is 32.2. The van der Waals surface area contributed by atoms with Crippen molar-refractivity contribution >= 4 is 52.3 Å². The van der Waals surface area contributed by atoms with Crippen LogP contribution in [0.25, 0.3) is 12.2 Å². The molecule has 1 fully saturated rings. The van der Waals surface area contributed by atoms with Crippen molar-refractivity contribution in [2.75, 3.05) is 20.3 Å². The molecule has 1 amide bonds. The molecule has 2 aromatic carbocycles. The summed E-state index contributed by atoms with van der Waals surface area (Å²) >= 11 is 6.66. The molecule has 1 aliphatic heterocycles. The summed E-state index contributed by atoms with van der Waals surface area (Å²) in [7, 11) is 1.60. The fourth-order valence-corrected chi connectivity index (χ4v) is 4.46. The highest BCUT2D eigenvalue weighted by Gasteiger charge is 2.31. The minimum absolute atomic E-state index is 0.0828. The van der Waals surface area contributed by atoms with Gasteiger partial charge in [0, 0.05) is 12.6 Å². The first-order valence-corrected chi connectivity index (χ1v) is 12.2. The lowest BCUT2D eigenvalue weighted by atomic mass is 10.1. The van der Waals surface area contributed by atoms with Crippen LogP contribution in [0.4, 0.5) is 0 Å². The average molecular weight is 498 g/mol. The van der Waals surface area contributed by atoms with Crippen molar-refractivity contribution in [3.63, 3.8) is 0 Å². The van der Waals surface area contributed by atoms with Crippen molar-refractivity contribution in [1.29, 1.82) is 0 Å². The normalized spacial score (nSPS) is 14.8. The maximum absolute atomic E-state index is 12.7. The Hall–Kier alpha value is -3.10. The summed E-state index contributed by atoms with van der Waals surface area (Å²) in [5.74, 6) is 0.856. The molecule has 0 aliphatic carbocycles. The molecule has 34 heavy (non-hydrogen) atoms. The number of esters is 1. The van der Waals surface area contributed by atoms with Crippen LogP contribution in [-0.2, 0) is 9.59 Å². The Bertz CT molecular complexity index is 1110. The molecule has 1 aliphatic rings. The van der Waals surface area contributed by atoms with Gasteiger partial charge >= 0.3 is 5.97 Å². The average Bonchev–Trinajstić information content (AvgIpc) is 3.10. The maximum atomic E-state index is 12.7. The van der Waals surface area contributed by atoms with Crippen molar-refractivity contribution < 1.29 is 23.8 Å². The highest BCUT2D eigenvalue weighted by Crippen LogP contribution is 2.35. The number of unbranched alkanes of at least 4 members (excludes halogenated alkanes) is 1. The second-order valence-corrected chi connectivity index (χ2v) is 9.03. The molecule has 2 aromatic rings. The summed E-state index contributed by atoms with van der Waals surface area (Å²) in [6.07, 6.45) is 6.69. The second-order valence-electron chi connectivity index (χ2n) is 7.35. The molecular weight excluding hydrogens is 470 g/mol. The first kappa shape index (κ1) is 25.5. The van der Waals surface area contributed by atoms with Crippen molar-refractivity contribution in [3.05, 3.63) is 64.6 Å². The number of nitrogens with zero attached hydrogens (tertiary/aromatic N) is 1. The minimum atomic E-state index is -0.527. The van der Waals surface area contributed by atoms with Gasteiger partial charge in [-0.15, -0.1) is 0 Å². The molecule has 178 valence electrons. The van der Waals surface area contributed by atoms with Gasteiger partial charge in [-0.3, -0.25) is 9.69 Å². The van der Waals surface area contributed by atoms with Gasteiger partial charge in [-0.05, 0) is 60.9 Å². The topological polar surface area (TPSA) is 65.1 Å². The first-order valence-electron chi connectivity index (χ1n) is 11.0. The molecule has 3 rings (SSSR count). The smallest absolute Gasteiger partial charge is 0.336 e. The van der Waals surface area contributed by atoms with Crippen LogP contribution in [-0.4, -0.2) is 41.4 Å². The van der Waals surface area contributed by atoms with Crippen molar-refractivity contribution in [3.8, 4) is 17.2 Å². The lowest BCUT2D eigenvalue weighted by Gasteiger charge is -2.13. The zero-order chi connectivity index (χ0) is 24.5. The molecule has 0 N–H and O–H groups in total. The van der Waals surface area contributed by atoms with Gasteiger partial charge in [0.1, 0.15) is 10.1 Å². The Labute approximate surface area is 209 Å². The predicted molar refractivity (Wildman–Crippen MR) is 140 cm³/mol. The zero-order valence-corrected chi connectivity index (χ0v) is 21.0. The lowest BCUT2D eigenvalue weighted by molar-refractivity contribution is -0.129. The third-order valence-electron chi connectivity index (χ3n) is 4.91. The summed E-state index contributed by atoms with van der Waals surface area (Å²) in [6, 6.07) is 12.5. The van der Waals surface area contributed by atoms with Crippen LogP contribution in [0.3, 0.4) is 0 Å². The van der Waals surface area contributed by atoms with E-state index in [0.29, 0.717) is 33.9 Å². The lowest BCUT2D eigenvalue weighted by Crippen LogP contribution is -2.28. The van der Waals surface area contributed by atoms with E-state index in [9.17, 15) is 9.59 Å². The number of methoxy groups -OCH3 is 1. The molecule has 0 saturated carbocycles. The molecule has 8 heteroatoms. The third-order valence-corrected chi connectivity index (χ3v) is 6.29. The van der Waals surface area contributed by atoms with E-state index in [2.05, 4.69) is 6.92 Å². The number of amides is 1. The van der Waals surface area contributed by atoms with E-state index in [-0.39, 0.29) is 5.91 Å². The number of hydrogen-bond donors (Lipinski definition) is 0. The Morgan fingerprint density at radius 3 is 2.50 bits per heavy atom. The monoisotopic (exact) mass is 497 g/mol. The van der Waals surface area contributed by atoms with E-state index in [1.807, 2.05) is 31.2 Å². The standard InChI is InChI=1S/C26H27NO5S2/c1-4-6-15-27-25(29)23(34-26(27)33)17-19-9-13-21(22(16-19)31-5-2)32-24(28)14-10-18-7-11-20(30-3)12-8-18/h7-14,16-17H,4-6,15H2,1-3H3. The molecule has 1 saturated heterocycles. The van der Waals surface area contributed by atoms with Crippen LogP contribution >= 0.6 is 24.0 Å². The van der Waals surface area contributed by atoms with E-state index < -0.39 is 5.97 Å². The van der Waals surface area contributed by atoms with Gasteiger partial charge in [0.25, 0.3) is 5.91 Å². The third kappa shape index (κ3) is 6.71. The van der Waals surface area contributed by atoms with Gasteiger partial charge in [0.15, 0.2) is 11.5 Å². The first-order chi connectivity index (χ1) is 16.4. The van der Waals surface area contributed by atoms with Crippen LogP contribution < -0.4 is 14.2 Å². The summed E-state index contributed by atoms with van der Waals surface area (Å²) in [6.45, 7) is 4.95. The zero-order valence-electron chi connectivity index (χ0n) is 19.4.